The van der Waals surface area contributed by atoms with Gasteiger partial charge in [0.25, 0.3) is 0 Å². The number of benzene rings is 1. The number of rotatable bonds is 7. The maximum absolute atomic E-state index is 6.77. The smallest absolute Gasteiger partial charge is 0.200 e. The van der Waals surface area contributed by atoms with E-state index in [0.29, 0.717) is 16.6 Å². The highest BCUT2D eigenvalue weighted by Crippen LogP contribution is 2.42. The summed E-state index contributed by atoms with van der Waals surface area (Å²) in [4.78, 5) is 2.49. The Morgan fingerprint density at radius 2 is 1.72 bits per heavy atom. The molecular formula is C21H38N2OSi. The first kappa shape index (κ1) is 20.5. The molecular weight excluding hydrogens is 324 g/mol. The van der Waals surface area contributed by atoms with Crippen LogP contribution in [0.1, 0.15) is 59.6 Å². The van der Waals surface area contributed by atoms with Crippen molar-refractivity contribution >= 4 is 14.0 Å². The summed E-state index contributed by atoms with van der Waals surface area (Å²) < 4.78 is 6.77. The summed E-state index contributed by atoms with van der Waals surface area (Å²) in [7, 11) is -1.80. The molecule has 3 nitrogen and oxygen atoms in total. The van der Waals surface area contributed by atoms with Crippen LogP contribution in [0.2, 0.25) is 16.6 Å². The number of hydrogen-bond acceptors (Lipinski definition) is 3. The van der Waals surface area contributed by atoms with E-state index >= 15 is 0 Å². The van der Waals surface area contributed by atoms with Crippen LogP contribution in [0.5, 0.6) is 0 Å². The Balaban J connectivity index is 2.16. The van der Waals surface area contributed by atoms with Crippen molar-refractivity contribution in [3.63, 3.8) is 0 Å². The Morgan fingerprint density at radius 3 is 2.28 bits per heavy atom. The van der Waals surface area contributed by atoms with Gasteiger partial charge in [-0.2, -0.15) is 0 Å². The van der Waals surface area contributed by atoms with E-state index in [1.165, 1.54) is 16.8 Å². The van der Waals surface area contributed by atoms with Crippen LogP contribution in [0.15, 0.2) is 18.2 Å². The second-order valence-corrected chi connectivity index (χ2v) is 13.9. The van der Waals surface area contributed by atoms with Crippen molar-refractivity contribution in [2.24, 2.45) is 0 Å². The summed E-state index contributed by atoms with van der Waals surface area (Å²) in [5.74, 6) is 0. The van der Waals surface area contributed by atoms with Crippen LogP contribution < -0.4 is 5.32 Å². The Morgan fingerprint density at radius 1 is 1.08 bits per heavy atom. The van der Waals surface area contributed by atoms with Crippen molar-refractivity contribution in [1.29, 1.82) is 0 Å². The Kier molecular flexibility index (Phi) is 7.12. The molecule has 0 radical (unpaired) electrons. The molecule has 0 atom stereocenters. The highest BCUT2D eigenvalue weighted by Gasteiger charge is 2.44. The third-order valence-electron chi connectivity index (χ3n) is 5.95. The molecule has 1 aliphatic heterocycles. The lowest BCUT2D eigenvalue weighted by molar-refractivity contribution is 0.266. The first-order chi connectivity index (χ1) is 11.8. The topological polar surface area (TPSA) is 24.5 Å². The zero-order valence-corrected chi connectivity index (χ0v) is 18.4. The first-order valence-electron chi connectivity index (χ1n) is 10.0. The SMILES string of the molecule is CCN1CCNc2cc(CO[Si](C(C)C)(C(C)C)C(C)C)ccc2C1. The van der Waals surface area contributed by atoms with Crippen LogP contribution in [0, 0.1) is 0 Å². The van der Waals surface area contributed by atoms with Crippen LogP contribution in [0.3, 0.4) is 0 Å². The van der Waals surface area contributed by atoms with E-state index in [1.54, 1.807) is 0 Å². The number of fused-ring (bicyclic) bond motifs is 1. The number of nitrogens with one attached hydrogen (secondary N) is 1. The van der Waals surface area contributed by atoms with Crippen molar-refractivity contribution in [2.75, 3.05) is 25.0 Å². The lowest BCUT2D eigenvalue weighted by Crippen LogP contribution is -2.47. The minimum Gasteiger partial charge on any atom is -0.412 e. The van der Waals surface area contributed by atoms with Gasteiger partial charge in [0.05, 0.1) is 6.61 Å². The minimum atomic E-state index is -1.80. The second-order valence-electron chi connectivity index (χ2n) is 8.39. The average molecular weight is 363 g/mol. The largest absolute Gasteiger partial charge is 0.412 e. The Hall–Kier alpha value is -0.843. The molecule has 0 aliphatic carbocycles. The fourth-order valence-corrected chi connectivity index (χ4v) is 10.1. The van der Waals surface area contributed by atoms with E-state index in [9.17, 15) is 0 Å². The van der Waals surface area contributed by atoms with Gasteiger partial charge in [-0.25, -0.2) is 0 Å². The molecule has 142 valence electrons. The second kappa shape index (κ2) is 8.70. The molecule has 0 amide bonds. The van der Waals surface area contributed by atoms with E-state index in [2.05, 4.69) is 76.9 Å². The van der Waals surface area contributed by atoms with Gasteiger partial charge in [-0.15, -0.1) is 0 Å². The fourth-order valence-electron chi connectivity index (χ4n) is 4.66. The predicted octanol–water partition coefficient (Wildman–Crippen LogP) is 5.63. The van der Waals surface area contributed by atoms with E-state index in [4.69, 9.17) is 4.43 Å². The van der Waals surface area contributed by atoms with Crippen molar-refractivity contribution < 1.29 is 4.43 Å². The van der Waals surface area contributed by atoms with E-state index in [0.717, 1.165) is 32.8 Å². The van der Waals surface area contributed by atoms with Crippen LogP contribution in [0.4, 0.5) is 5.69 Å². The molecule has 4 heteroatoms. The molecule has 0 spiro atoms. The monoisotopic (exact) mass is 362 g/mol. The molecule has 1 N–H and O–H groups in total. The summed E-state index contributed by atoms with van der Waals surface area (Å²) in [5, 5.41) is 3.61. The van der Waals surface area contributed by atoms with Crippen LogP contribution in [0.25, 0.3) is 0 Å². The number of hydrogen-bond donors (Lipinski definition) is 1. The third-order valence-corrected chi connectivity index (χ3v) is 12.0. The normalized spacial score (nSPS) is 16.2. The molecule has 1 aromatic carbocycles. The molecule has 1 aliphatic rings. The molecule has 0 saturated heterocycles. The summed E-state index contributed by atoms with van der Waals surface area (Å²) in [6.07, 6.45) is 0. The van der Waals surface area contributed by atoms with E-state index in [1.807, 2.05) is 0 Å². The van der Waals surface area contributed by atoms with Crippen molar-refractivity contribution in [1.82, 2.24) is 4.90 Å². The van der Waals surface area contributed by atoms with Crippen LogP contribution in [-0.4, -0.2) is 32.9 Å². The van der Waals surface area contributed by atoms with Gasteiger partial charge < -0.3 is 9.74 Å². The molecule has 1 heterocycles. The standard InChI is InChI=1S/C21H38N2OSi/c1-8-23-12-11-22-21-13-19(9-10-20(21)14-23)15-24-25(16(2)3,17(4)5)18(6)7/h9-10,13,16-18,22H,8,11-12,14-15H2,1-7H3. The van der Waals surface area contributed by atoms with Gasteiger partial charge in [0.15, 0.2) is 0 Å². The average Bonchev–Trinajstić information content (AvgIpc) is 2.75. The molecule has 0 saturated carbocycles. The Labute approximate surface area is 156 Å². The number of likely N-dealkylation sites (N-methyl/N-ethyl adjacent to an activating group) is 1. The molecule has 0 fully saturated rings. The minimum absolute atomic E-state index is 0.629. The van der Waals surface area contributed by atoms with Gasteiger partial charge in [-0.3, -0.25) is 4.90 Å². The van der Waals surface area contributed by atoms with Gasteiger partial charge >= 0.3 is 0 Å². The molecule has 25 heavy (non-hydrogen) atoms. The Bertz CT molecular complexity index is 535. The van der Waals surface area contributed by atoms with Crippen molar-refractivity contribution in [3.05, 3.63) is 29.3 Å². The highest BCUT2D eigenvalue weighted by molar-refractivity contribution is 6.77. The van der Waals surface area contributed by atoms with Crippen molar-refractivity contribution in [2.45, 2.75) is 78.2 Å². The first-order valence-corrected chi connectivity index (χ1v) is 12.2. The third kappa shape index (κ3) is 4.47. The van der Waals surface area contributed by atoms with Crippen LogP contribution >= 0.6 is 0 Å². The van der Waals surface area contributed by atoms with Crippen LogP contribution in [-0.2, 0) is 17.6 Å². The fraction of sp³-hybridized carbons (Fsp3) is 0.714. The summed E-state index contributed by atoms with van der Waals surface area (Å²) in [6.45, 7) is 21.4. The van der Waals surface area contributed by atoms with Gasteiger partial charge in [-0.05, 0) is 40.4 Å². The quantitative estimate of drug-likeness (QED) is 0.637. The van der Waals surface area contributed by atoms with Gasteiger partial charge in [-0.1, -0.05) is 60.6 Å². The number of nitrogens with zero attached hydrogens (tertiary/aromatic N) is 1. The van der Waals surface area contributed by atoms with Crippen molar-refractivity contribution in [3.8, 4) is 0 Å². The summed E-state index contributed by atoms with van der Waals surface area (Å²) in [6, 6.07) is 6.87. The molecule has 0 aromatic heterocycles. The maximum Gasteiger partial charge on any atom is 0.200 e. The lowest BCUT2D eigenvalue weighted by Gasteiger charge is -2.42. The molecule has 1 aromatic rings. The maximum atomic E-state index is 6.77. The molecule has 2 rings (SSSR count). The van der Waals surface area contributed by atoms with E-state index in [-0.39, 0.29) is 0 Å². The zero-order valence-electron chi connectivity index (χ0n) is 17.4. The predicted molar refractivity (Wildman–Crippen MR) is 112 cm³/mol. The summed E-state index contributed by atoms with van der Waals surface area (Å²) in [5.41, 5.74) is 5.89. The lowest BCUT2D eigenvalue weighted by atomic mass is 10.1. The molecule has 0 unspecified atom stereocenters. The zero-order chi connectivity index (χ0) is 18.6. The van der Waals surface area contributed by atoms with Gasteiger partial charge in [0, 0.05) is 25.3 Å². The van der Waals surface area contributed by atoms with E-state index < -0.39 is 8.32 Å². The van der Waals surface area contributed by atoms with Gasteiger partial charge in [0.1, 0.15) is 0 Å². The molecule has 0 bridgehead atoms. The van der Waals surface area contributed by atoms with Gasteiger partial charge in [0.2, 0.25) is 8.32 Å². The highest BCUT2D eigenvalue weighted by atomic mass is 28.4. The number of anilines is 1. The summed E-state index contributed by atoms with van der Waals surface area (Å²) >= 11 is 0.